The first-order valence-electron chi connectivity index (χ1n) is 6.52. The number of alkyl halides is 1. The fourth-order valence-electron chi connectivity index (χ4n) is 2.28. The Morgan fingerprint density at radius 2 is 2.32 bits per heavy atom. The standard InChI is InChI=1S/C14H20BrNO2S/c1-14(2,3)18-13(17)16-10-4-5-12-11(6-10)9(7-15)8-19-12/h8,10H,4-7H2,1-3H3,(H,16,17). The van der Waals surface area contributed by atoms with E-state index < -0.39 is 5.60 Å². The molecule has 1 aromatic heterocycles. The van der Waals surface area contributed by atoms with Gasteiger partial charge < -0.3 is 10.1 Å². The molecule has 5 heteroatoms. The van der Waals surface area contributed by atoms with E-state index >= 15 is 0 Å². The number of amides is 1. The maximum Gasteiger partial charge on any atom is 0.407 e. The van der Waals surface area contributed by atoms with Crippen molar-refractivity contribution in [2.75, 3.05) is 0 Å². The summed E-state index contributed by atoms with van der Waals surface area (Å²) in [6.07, 6.45) is 2.65. The Balaban J connectivity index is 1.96. The fourth-order valence-corrected chi connectivity index (χ4v) is 4.10. The van der Waals surface area contributed by atoms with Gasteiger partial charge in [-0.05, 0) is 56.5 Å². The van der Waals surface area contributed by atoms with E-state index in [-0.39, 0.29) is 12.1 Å². The van der Waals surface area contributed by atoms with Crippen LogP contribution in [0.25, 0.3) is 0 Å². The van der Waals surface area contributed by atoms with Crippen LogP contribution in [0.15, 0.2) is 5.38 Å². The lowest BCUT2D eigenvalue weighted by Gasteiger charge is -2.26. The van der Waals surface area contributed by atoms with Crippen molar-refractivity contribution in [1.82, 2.24) is 5.32 Å². The first-order chi connectivity index (χ1) is 8.89. The molecule has 1 aromatic rings. The van der Waals surface area contributed by atoms with Crippen LogP contribution in [0.1, 0.15) is 43.2 Å². The minimum atomic E-state index is -0.437. The Labute approximate surface area is 126 Å². The molecular formula is C14H20BrNO2S. The number of carbonyl (C=O) groups is 1. The van der Waals surface area contributed by atoms with Crippen LogP contribution in [-0.2, 0) is 22.9 Å². The molecule has 2 rings (SSSR count). The Hall–Kier alpha value is -0.550. The summed E-state index contributed by atoms with van der Waals surface area (Å²) in [5, 5.41) is 6.09. The third kappa shape index (κ3) is 3.96. The van der Waals surface area contributed by atoms with Gasteiger partial charge in [-0.1, -0.05) is 15.9 Å². The van der Waals surface area contributed by atoms with Gasteiger partial charge in [-0.3, -0.25) is 0 Å². The summed E-state index contributed by atoms with van der Waals surface area (Å²) in [5.74, 6) is 0. The second-order valence-electron chi connectivity index (χ2n) is 5.88. The molecule has 0 spiro atoms. The van der Waals surface area contributed by atoms with Gasteiger partial charge in [0.15, 0.2) is 0 Å². The molecule has 106 valence electrons. The molecule has 0 aromatic carbocycles. The molecule has 3 nitrogen and oxygen atoms in total. The van der Waals surface area contributed by atoms with Gasteiger partial charge in [0.25, 0.3) is 0 Å². The molecule has 0 radical (unpaired) electrons. The molecular weight excluding hydrogens is 326 g/mol. The van der Waals surface area contributed by atoms with Crippen molar-refractivity contribution in [2.45, 2.75) is 57.0 Å². The number of ether oxygens (including phenoxy) is 1. The lowest BCUT2D eigenvalue weighted by atomic mass is 9.92. The highest BCUT2D eigenvalue weighted by atomic mass is 79.9. The van der Waals surface area contributed by atoms with Crippen LogP contribution >= 0.6 is 27.3 Å². The van der Waals surface area contributed by atoms with Gasteiger partial charge in [0, 0.05) is 16.2 Å². The number of fused-ring (bicyclic) bond motifs is 1. The van der Waals surface area contributed by atoms with Crippen LogP contribution in [0, 0.1) is 0 Å². The third-order valence-corrected chi connectivity index (χ3v) is 4.84. The van der Waals surface area contributed by atoms with Gasteiger partial charge in [0.05, 0.1) is 0 Å². The van der Waals surface area contributed by atoms with Crippen molar-refractivity contribution in [3.63, 3.8) is 0 Å². The molecule has 1 heterocycles. The molecule has 1 N–H and O–H groups in total. The maximum absolute atomic E-state index is 11.8. The largest absolute Gasteiger partial charge is 0.444 e. The zero-order chi connectivity index (χ0) is 14.0. The Kier molecular flexibility index (Phi) is 4.56. The van der Waals surface area contributed by atoms with Crippen LogP contribution in [0.3, 0.4) is 0 Å². The van der Waals surface area contributed by atoms with Crippen LogP contribution in [0.5, 0.6) is 0 Å². The minimum absolute atomic E-state index is 0.190. The van der Waals surface area contributed by atoms with E-state index in [2.05, 4.69) is 26.6 Å². The molecule has 1 unspecified atom stereocenters. The SMILES string of the molecule is CC(C)(C)OC(=O)NC1CCc2scc(CBr)c2C1. The molecule has 0 saturated carbocycles. The fraction of sp³-hybridized carbons (Fsp3) is 0.643. The molecule has 0 saturated heterocycles. The smallest absolute Gasteiger partial charge is 0.407 e. The number of hydrogen-bond acceptors (Lipinski definition) is 3. The third-order valence-electron chi connectivity index (χ3n) is 3.10. The number of halogens is 1. The van der Waals surface area contributed by atoms with Gasteiger partial charge in [0.2, 0.25) is 0 Å². The molecule has 0 bridgehead atoms. The molecule has 1 atom stereocenters. The second kappa shape index (κ2) is 5.83. The van der Waals surface area contributed by atoms with E-state index in [0.717, 1.165) is 24.6 Å². The highest BCUT2D eigenvalue weighted by Crippen LogP contribution is 2.31. The van der Waals surface area contributed by atoms with Crippen molar-refractivity contribution in [2.24, 2.45) is 0 Å². The highest BCUT2D eigenvalue weighted by molar-refractivity contribution is 9.08. The highest BCUT2D eigenvalue weighted by Gasteiger charge is 2.25. The zero-order valence-electron chi connectivity index (χ0n) is 11.6. The monoisotopic (exact) mass is 345 g/mol. The average Bonchev–Trinajstić information content (AvgIpc) is 2.68. The number of rotatable bonds is 2. The van der Waals surface area contributed by atoms with Gasteiger partial charge in [-0.25, -0.2) is 4.79 Å². The summed E-state index contributed by atoms with van der Waals surface area (Å²) in [7, 11) is 0. The van der Waals surface area contributed by atoms with Crippen molar-refractivity contribution in [1.29, 1.82) is 0 Å². The summed E-state index contributed by atoms with van der Waals surface area (Å²) < 4.78 is 5.31. The number of alkyl carbamates (subject to hydrolysis) is 1. The zero-order valence-corrected chi connectivity index (χ0v) is 14.0. The summed E-state index contributed by atoms with van der Waals surface area (Å²) in [6, 6.07) is 0.190. The van der Waals surface area contributed by atoms with Gasteiger partial charge in [-0.15, -0.1) is 11.3 Å². The van der Waals surface area contributed by atoms with Crippen LogP contribution in [0.4, 0.5) is 4.79 Å². The second-order valence-corrected chi connectivity index (χ2v) is 7.41. The Morgan fingerprint density at radius 1 is 1.58 bits per heavy atom. The number of thiophene rings is 1. The number of hydrogen-bond donors (Lipinski definition) is 1. The van der Waals surface area contributed by atoms with E-state index in [1.54, 1.807) is 0 Å². The lowest BCUT2D eigenvalue weighted by molar-refractivity contribution is 0.0500. The first-order valence-corrected chi connectivity index (χ1v) is 8.53. The summed E-state index contributed by atoms with van der Waals surface area (Å²) in [5.41, 5.74) is 2.33. The van der Waals surface area contributed by atoms with Crippen LogP contribution in [-0.4, -0.2) is 17.7 Å². The van der Waals surface area contributed by atoms with Gasteiger partial charge in [-0.2, -0.15) is 0 Å². The predicted molar refractivity (Wildman–Crippen MR) is 82.1 cm³/mol. The topological polar surface area (TPSA) is 38.3 Å². The quantitative estimate of drug-likeness (QED) is 0.822. The number of aryl methyl sites for hydroxylation is 1. The van der Waals surface area contributed by atoms with Crippen molar-refractivity contribution in [3.05, 3.63) is 21.4 Å². The minimum Gasteiger partial charge on any atom is -0.444 e. The first kappa shape index (κ1) is 14.9. The summed E-state index contributed by atoms with van der Waals surface area (Å²) >= 11 is 5.35. The summed E-state index contributed by atoms with van der Waals surface area (Å²) in [4.78, 5) is 13.3. The molecule has 19 heavy (non-hydrogen) atoms. The normalized spacial score (nSPS) is 18.8. The molecule has 0 aliphatic heterocycles. The maximum atomic E-state index is 11.8. The Bertz CT molecular complexity index is 451. The van der Waals surface area contributed by atoms with Gasteiger partial charge >= 0.3 is 6.09 Å². The van der Waals surface area contributed by atoms with E-state index in [4.69, 9.17) is 4.74 Å². The van der Waals surface area contributed by atoms with Crippen LogP contribution in [0.2, 0.25) is 0 Å². The van der Waals surface area contributed by atoms with E-state index in [1.165, 1.54) is 16.0 Å². The van der Waals surface area contributed by atoms with E-state index in [0.29, 0.717) is 0 Å². The number of nitrogens with one attached hydrogen (secondary N) is 1. The predicted octanol–water partition coefficient (Wildman–Crippen LogP) is 4.03. The molecule has 1 amide bonds. The number of carbonyl (C=O) groups excluding carboxylic acids is 1. The van der Waals surface area contributed by atoms with Crippen LogP contribution < -0.4 is 5.32 Å². The lowest BCUT2D eigenvalue weighted by Crippen LogP contribution is -2.41. The van der Waals surface area contributed by atoms with Gasteiger partial charge in [0.1, 0.15) is 5.60 Å². The van der Waals surface area contributed by atoms with Crippen molar-refractivity contribution >= 4 is 33.4 Å². The molecule has 1 aliphatic carbocycles. The van der Waals surface area contributed by atoms with Crippen molar-refractivity contribution < 1.29 is 9.53 Å². The summed E-state index contributed by atoms with van der Waals surface area (Å²) in [6.45, 7) is 5.65. The van der Waals surface area contributed by atoms with E-state index in [9.17, 15) is 4.79 Å². The molecule has 1 aliphatic rings. The average molecular weight is 346 g/mol. The van der Waals surface area contributed by atoms with Crippen molar-refractivity contribution in [3.8, 4) is 0 Å². The molecule has 0 fully saturated rings. The Morgan fingerprint density at radius 3 is 2.95 bits per heavy atom. The van der Waals surface area contributed by atoms with E-state index in [1.807, 2.05) is 32.1 Å².